The minimum Gasteiger partial charge on any atom is -0.328 e. The number of nitrogens with one attached hydrogen (secondary N) is 1. The number of hydrogen-bond acceptors (Lipinski definition) is 4. The maximum Gasteiger partial charge on any atom is 0.254 e. The molecule has 0 atom stereocenters. The van der Waals surface area contributed by atoms with Crippen LogP contribution in [0.25, 0.3) is 5.65 Å². The number of nitrogens with zero attached hydrogens (tertiary/aromatic N) is 4. The quantitative estimate of drug-likeness (QED) is 0.651. The molecule has 5 rings (SSSR count). The highest BCUT2D eigenvalue weighted by Gasteiger charge is 2.51. The van der Waals surface area contributed by atoms with Crippen molar-refractivity contribution in [2.24, 2.45) is 0 Å². The fraction of sp³-hybridized carbons (Fsp3) is 0.263. The van der Waals surface area contributed by atoms with Gasteiger partial charge < -0.3 is 4.90 Å². The number of carbonyl (C=O) groups excluding carboxylic acids is 2. The van der Waals surface area contributed by atoms with E-state index < -0.39 is 0 Å². The molecule has 0 radical (unpaired) electrons. The predicted octanol–water partition coefficient (Wildman–Crippen LogP) is 3.27. The molecule has 1 spiro atoms. The first-order valence-corrected chi connectivity index (χ1v) is 10.0. The second-order valence-corrected chi connectivity index (χ2v) is 8.56. The third-order valence-corrected chi connectivity index (χ3v) is 6.11. The van der Waals surface area contributed by atoms with Crippen LogP contribution in [-0.2, 0) is 10.2 Å². The lowest BCUT2D eigenvalue weighted by Crippen LogP contribution is -2.46. The summed E-state index contributed by atoms with van der Waals surface area (Å²) in [5.41, 5.74) is 2.20. The Kier molecular flexibility index (Phi) is 3.96. The zero-order chi connectivity index (χ0) is 19.5. The van der Waals surface area contributed by atoms with Crippen LogP contribution in [0.4, 0.5) is 5.95 Å². The van der Waals surface area contributed by atoms with Crippen LogP contribution in [-0.4, -0.2) is 44.4 Å². The number of halogens is 2. The molecule has 0 unspecified atom stereocenters. The summed E-state index contributed by atoms with van der Waals surface area (Å²) in [6.07, 6.45) is 3.74. The number of anilines is 1. The molecule has 28 heavy (non-hydrogen) atoms. The topological polar surface area (TPSA) is 79.6 Å². The van der Waals surface area contributed by atoms with Gasteiger partial charge in [-0.05, 0) is 48.7 Å². The van der Waals surface area contributed by atoms with Crippen LogP contribution in [0, 0.1) is 0 Å². The number of carbonyl (C=O) groups is 2. The highest BCUT2D eigenvalue weighted by Crippen LogP contribution is 2.52. The van der Waals surface area contributed by atoms with Gasteiger partial charge in [0.25, 0.3) is 5.91 Å². The van der Waals surface area contributed by atoms with E-state index in [-0.39, 0.29) is 29.7 Å². The van der Waals surface area contributed by atoms with Crippen molar-refractivity contribution >= 4 is 50.9 Å². The molecule has 7 nitrogen and oxygen atoms in total. The van der Waals surface area contributed by atoms with Gasteiger partial charge in [-0.25, -0.2) is 4.52 Å². The van der Waals surface area contributed by atoms with Gasteiger partial charge in [-0.2, -0.15) is 4.98 Å². The minimum atomic E-state index is -0.336. The van der Waals surface area contributed by atoms with Crippen LogP contribution in [0.2, 0.25) is 5.02 Å². The van der Waals surface area contributed by atoms with E-state index >= 15 is 0 Å². The molecule has 1 N–H and O–H groups in total. The summed E-state index contributed by atoms with van der Waals surface area (Å²) in [7, 11) is 0. The van der Waals surface area contributed by atoms with Gasteiger partial charge in [0.05, 0.1) is 5.02 Å². The third kappa shape index (κ3) is 2.87. The maximum atomic E-state index is 12.9. The van der Waals surface area contributed by atoms with E-state index in [0.717, 1.165) is 22.9 Å². The molecule has 1 aliphatic heterocycles. The summed E-state index contributed by atoms with van der Waals surface area (Å²) in [5.74, 6) is -0.300. The van der Waals surface area contributed by atoms with Gasteiger partial charge in [0, 0.05) is 28.2 Å². The molecule has 0 bridgehead atoms. The number of pyridine rings is 1. The number of rotatable bonds is 3. The average Bonchev–Trinajstić information content (AvgIpc) is 3.30. The van der Waals surface area contributed by atoms with Crippen LogP contribution in [0.1, 0.15) is 28.8 Å². The molecule has 2 aromatic heterocycles. The molecule has 0 saturated heterocycles. The highest BCUT2D eigenvalue weighted by atomic mass is 79.9. The predicted molar refractivity (Wildman–Crippen MR) is 108 cm³/mol. The van der Waals surface area contributed by atoms with Gasteiger partial charge in [0.1, 0.15) is 6.54 Å². The van der Waals surface area contributed by atoms with E-state index in [4.69, 9.17) is 11.6 Å². The first kappa shape index (κ1) is 17.6. The van der Waals surface area contributed by atoms with E-state index in [2.05, 4.69) is 31.3 Å². The Morgan fingerprint density at radius 1 is 1.32 bits per heavy atom. The Hall–Kier alpha value is -2.45. The minimum absolute atomic E-state index is 0.0256. The van der Waals surface area contributed by atoms with E-state index in [1.54, 1.807) is 23.2 Å². The molecule has 2 amide bonds. The van der Waals surface area contributed by atoms with Gasteiger partial charge in [-0.1, -0.05) is 27.5 Å². The molecule has 1 aliphatic carbocycles. The normalized spacial score (nSPS) is 17.1. The molecular formula is C19H15BrClN5O2. The van der Waals surface area contributed by atoms with Crippen molar-refractivity contribution in [3.63, 3.8) is 0 Å². The maximum absolute atomic E-state index is 12.9. The van der Waals surface area contributed by atoms with E-state index in [0.29, 0.717) is 22.8 Å². The van der Waals surface area contributed by atoms with Crippen molar-refractivity contribution in [3.8, 4) is 0 Å². The molecular weight excluding hydrogens is 446 g/mol. The van der Waals surface area contributed by atoms with E-state index in [9.17, 15) is 9.59 Å². The average molecular weight is 461 g/mol. The van der Waals surface area contributed by atoms with Gasteiger partial charge in [-0.15, -0.1) is 5.10 Å². The number of amides is 2. The molecule has 1 fully saturated rings. The smallest absolute Gasteiger partial charge is 0.254 e. The Bertz CT molecular complexity index is 1140. The van der Waals surface area contributed by atoms with Crippen LogP contribution in [0.5, 0.6) is 0 Å². The Labute approximate surface area is 173 Å². The number of hydrogen-bond donors (Lipinski definition) is 1. The highest BCUT2D eigenvalue weighted by molar-refractivity contribution is 9.10. The van der Waals surface area contributed by atoms with Gasteiger partial charge in [0.2, 0.25) is 11.9 Å². The zero-order valence-corrected chi connectivity index (χ0v) is 17.0. The number of fused-ring (bicyclic) bond motifs is 3. The second kappa shape index (κ2) is 6.28. The van der Waals surface area contributed by atoms with Crippen LogP contribution >= 0.6 is 27.5 Å². The number of aromatic nitrogens is 3. The third-order valence-electron chi connectivity index (χ3n) is 5.32. The standard InChI is InChI=1S/C19H15BrClN5O2/c20-11-3-4-12-13(8-11)19(5-6-19)10-25(17(12)28)9-15(27)22-18-23-16-14(21)2-1-7-26(16)24-18/h1-4,7-8H,5-6,9-10H2,(H,22,24,27). The fourth-order valence-electron chi connectivity index (χ4n) is 3.80. The molecule has 2 aliphatic rings. The summed E-state index contributed by atoms with van der Waals surface area (Å²) < 4.78 is 2.46. The monoisotopic (exact) mass is 459 g/mol. The lowest BCUT2D eigenvalue weighted by atomic mass is 9.86. The summed E-state index contributed by atoms with van der Waals surface area (Å²) >= 11 is 9.57. The van der Waals surface area contributed by atoms with E-state index in [1.807, 2.05) is 18.2 Å². The first-order valence-electron chi connectivity index (χ1n) is 8.85. The second-order valence-electron chi connectivity index (χ2n) is 7.24. The Morgan fingerprint density at radius 2 is 2.14 bits per heavy atom. The summed E-state index contributed by atoms with van der Waals surface area (Å²) in [6, 6.07) is 9.17. The van der Waals surface area contributed by atoms with Crippen LogP contribution < -0.4 is 5.32 Å². The molecule has 9 heteroatoms. The lowest BCUT2D eigenvalue weighted by molar-refractivity contribution is -0.117. The molecule has 3 aromatic rings. The summed E-state index contributed by atoms with van der Waals surface area (Å²) in [6.45, 7) is 0.506. The fourth-order valence-corrected chi connectivity index (χ4v) is 4.37. The largest absolute Gasteiger partial charge is 0.328 e. The molecule has 3 heterocycles. The zero-order valence-electron chi connectivity index (χ0n) is 14.7. The first-order chi connectivity index (χ1) is 13.4. The van der Waals surface area contributed by atoms with Crippen LogP contribution in [0.3, 0.4) is 0 Å². The van der Waals surface area contributed by atoms with Gasteiger partial charge in [0.15, 0.2) is 5.65 Å². The SMILES string of the molecule is O=C(CN1CC2(CC2)c2cc(Br)ccc2C1=O)Nc1nc2c(Cl)cccn2n1. The van der Waals surface area contributed by atoms with Gasteiger partial charge in [-0.3, -0.25) is 14.9 Å². The van der Waals surface area contributed by atoms with Crippen molar-refractivity contribution < 1.29 is 9.59 Å². The van der Waals surface area contributed by atoms with Gasteiger partial charge >= 0.3 is 0 Å². The molecule has 142 valence electrons. The molecule has 1 aromatic carbocycles. The summed E-state index contributed by atoms with van der Waals surface area (Å²) in [4.78, 5) is 31.3. The van der Waals surface area contributed by atoms with Crippen molar-refractivity contribution in [2.45, 2.75) is 18.3 Å². The Morgan fingerprint density at radius 3 is 2.89 bits per heavy atom. The van der Waals surface area contributed by atoms with Crippen molar-refractivity contribution in [2.75, 3.05) is 18.4 Å². The summed E-state index contributed by atoms with van der Waals surface area (Å²) in [5, 5.41) is 7.30. The van der Waals surface area contributed by atoms with E-state index in [1.165, 1.54) is 4.52 Å². The molecule has 1 saturated carbocycles. The van der Waals surface area contributed by atoms with Crippen molar-refractivity contribution in [1.29, 1.82) is 0 Å². The van der Waals surface area contributed by atoms with Crippen LogP contribution in [0.15, 0.2) is 41.0 Å². The Balaban J connectivity index is 1.36. The van der Waals surface area contributed by atoms with Crippen molar-refractivity contribution in [1.82, 2.24) is 19.5 Å². The lowest BCUT2D eigenvalue weighted by Gasteiger charge is -2.34. The van der Waals surface area contributed by atoms with Crippen molar-refractivity contribution in [3.05, 3.63) is 57.2 Å². The number of benzene rings is 1.